The van der Waals surface area contributed by atoms with Gasteiger partial charge in [-0.1, -0.05) is 0 Å². The normalized spacial score (nSPS) is 39.5. The van der Waals surface area contributed by atoms with Crippen LogP contribution in [0.4, 0.5) is 14.0 Å². The summed E-state index contributed by atoms with van der Waals surface area (Å²) in [4.78, 5) is 36.8. The van der Waals surface area contributed by atoms with E-state index < -0.39 is 40.2 Å². The molecule has 8 heteroatoms. The highest BCUT2D eigenvalue weighted by atomic mass is 19.1. The van der Waals surface area contributed by atoms with Crippen LogP contribution in [-0.2, 0) is 4.79 Å². The maximum atomic E-state index is 13.9. The third kappa shape index (κ3) is 1.75. The summed E-state index contributed by atoms with van der Waals surface area (Å²) in [5.41, 5.74) is -4.07. The predicted octanol–water partition coefficient (Wildman–Crippen LogP) is 1.24. The van der Waals surface area contributed by atoms with Crippen LogP contribution >= 0.6 is 0 Å². The van der Waals surface area contributed by atoms with Crippen LogP contribution in [0.1, 0.15) is 40.0 Å². The summed E-state index contributed by atoms with van der Waals surface area (Å²) in [6.07, 6.45) is -0.621. The van der Waals surface area contributed by atoms with Gasteiger partial charge in [0.2, 0.25) is 0 Å². The smallest absolute Gasteiger partial charge is 0.407 e. The van der Waals surface area contributed by atoms with Crippen molar-refractivity contribution in [3.63, 3.8) is 0 Å². The molecule has 3 aliphatic carbocycles. The van der Waals surface area contributed by atoms with Crippen molar-refractivity contribution in [1.29, 1.82) is 0 Å². The van der Waals surface area contributed by atoms with Crippen molar-refractivity contribution in [2.24, 2.45) is 5.41 Å². The van der Waals surface area contributed by atoms with Crippen LogP contribution in [0.25, 0.3) is 0 Å². The zero-order chi connectivity index (χ0) is 16.6. The molecule has 0 aromatic heterocycles. The maximum absolute atomic E-state index is 13.9. The van der Waals surface area contributed by atoms with Crippen LogP contribution in [0.15, 0.2) is 0 Å². The lowest BCUT2D eigenvalue weighted by atomic mass is 9.36. The van der Waals surface area contributed by atoms with E-state index in [0.717, 1.165) is 4.90 Å². The van der Waals surface area contributed by atoms with Crippen molar-refractivity contribution in [3.05, 3.63) is 0 Å². The molecular formula is C14H20FN3O4. The number of carbonyl (C=O) groups is 3. The molecule has 3 saturated carbocycles. The van der Waals surface area contributed by atoms with Gasteiger partial charge in [-0.05, 0) is 40.0 Å². The summed E-state index contributed by atoms with van der Waals surface area (Å²) in [5.74, 6) is -0.560. The van der Waals surface area contributed by atoms with E-state index in [-0.39, 0.29) is 25.8 Å². The molecule has 1 saturated heterocycles. The van der Waals surface area contributed by atoms with Gasteiger partial charge >= 0.3 is 12.1 Å². The first-order valence-corrected chi connectivity index (χ1v) is 7.26. The number of urea groups is 1. The molecule has 0 spiro atoms. The number of nitrogens with zero attached hydrogens (tertiary/aromatic N) is 1. The van der Waals surface area contributed by atoms with E-state index in [4.69, 9.17) is 0 Å². The number of alkyl halides is 1. The number of nitrogens with one attached hydrogen (secondary N) is 2. The lowest BCUT2D eigenvalue weighted by Crippen LogP contribution is -2.81. The average Bonchev–Trinajstić information content (AvgIpc) is 2.54. The van der Waals surface area contributed by atoms with Gasteiger partial charge in [-0.25, -0.2) is 14.0 Å². The molecule has 4 amide bonds. The van der Waals surface area contributed by atoms with Crippen LogP contribution in [0, 0.1) is 5.41 Å². The van der Waals surface area contributed by atoms with Crippen LogP contribution in [-0.4, -0.2) is 51.3 Å². The van der Waals surface area contributed by atoms with Gasteiger partial charge in [-0.3, -0.25) is 10.1 Å². The molecule has 22 heavy (non-hydrogen) atoms. The number of carbonyl (C=O) groups excluding carboxylic acids is 2. The van der Waals surface area contributed by atoms with E-state index in [2.05, 4.69) is 10.6 Å². The molecule has 0 aromatic carbocycles. The highest BCUT2D eigenvalue weighted by Gasteiger charge is 2.80. The van der Waals surface area contributed by atoms with E-state index in [1.54, 1.807) is 20.8 Å². The number of hydrogen-bond donors (Lipinski definition) is 3. The first kappa shape index (κ1) is 15.1. The van der Waals surface area contributed by atoms with Crippen molar-refractivity contribution in [3.8, 4) is 0 Å². The van der Waals surface area contributed by atoms with Gasteiger partial charge in [0.15, 0.2) is 0 Å². The van der Waals surface area contributed by atoms with Gasteiger partial charge < -0.3 is 15.3 Å². The van der Waals surface area contributed by atoms with Crippen molar-refractivity contribution < 1.29 is 23.9 Å². The quantitative estimate of drug-likeness (QED) is 0.683. The number of hydrogen-bond acceptors (Lipinski definition) is 3. The SMILES string of the molecule is CC(C)(C)N(CC1(C23CC(F)(C2)C3)NC(=O)NC1=O)C(=O)O. The molecule has 3 N–H and O–H groups in total. The van der Waals surface area contributed by atoms with Gasteiger partial charge in [-0.15, -0.1) is 0 Å². The standard InChI is InChI=1S/C14H20FN3O4/c1-11(2,3)18(10(21)22)7-14(8(19)16-9(20)17-14)12-4-13(15,5-12)6-12/h4-7H2,1-3H3,(H,21,22)(H2,16,17,19,20). The first-order valence-electron chi connectivity index (χ1n) is 7.26. The zero-order valence-corrected chi connectivity index (χ0v) is 12.8. The molecule has 2 bridgehead atoms. The number of rotatable bonds is 3. The van der Waals surface area contributed by atoms with E-state index in [1.165, 1.54) is 0 Å². The Kier molecular flexibility index (Phi) is 2.67. The molecular weight excluding hydrogens is 293 g/mol. The van der Waals surface area contributed by atoms with E-state index >= 15 is 0 Å². The first-order chi connectivity index (χ1) is 9.93. The summed E-state index contributed by atoms with van der Waals surface area (Å²) in [6, 6.07) is -0.651. The van der Waals surface area contributed by atoms with Gasteiger partial charge in [0.1, 0.15) is 11.2 Å². The molecule has 1 atom stereocenters. The van der Waals surface area contributed by atoms with Crippen molar-refractivity contribution in [2.45, 2.75) is 56.8 Å². The van der Waals surface area contributed by atoms with Crippen LogP contribution < -0.4 is 10.6 Å². The Morgan fingerprint density at radius 1 is 1.32 bits per heavy atom. The van der Waals surface area contributed by atoms with Crippen molar-refractivity contribution in [1.82, 2.24) is 15.5 Å². The average molecular weight is 313 g/mol. The number of amides is 4. The highest BCUT2D eigenvalue weighted by molar-refractivity contribution is 6.08. The summed E-state index contributed by atoms with van der Waals surface area (Å²) in [7, 11) is 0. The maximum Gasteiger partial charge on any atom is 0.407 e. The second-order valence-electron chi connectivity index (χ2n) is 7.81. The lowest BCUT2D eigenvalue weighted by molar-refractivity contribution is -0.250. The van der Waals surface area contributed by atoms with Gasteiger partial charge in [0.25, 0.3) is 5.91 Å². The molecule has 4 fully saturated rings. The second-order valence-corrected chi connectivity index (χ2v) is 7.81. The second kappa shape index (κ2) is 3.91. The predicted molar refractivity (Wildman–Crippen MR) is 74.0 cm³/mol. The van der Waals surface area contributed by atoms with Crippen LogP contribution in [0.5, 0.6) is 0 Å². The van der Waals surface area contributed by atoms with E-state index in [0.29, 0.717) is 0 Å². The monoisotopic (exact) mass is 313 g/mol. The third-order valence-corrected chi connectivity index (χ3v) is 5.25. The molecule has 4 rings (SSSR count). The highest BCUT2D eigenvalue weighted by Crippen LogP contribution is 2.74. The topological polar surface area (TPSA) is 98.7 Å². The molecule has 1 unspecified atom stereocenters. The molecule has 7 nitrogen and oxygen atoms in total. The molecule has 122 valence electrons. The van der Waals surface area contributed by atoms with Gasteiger partial charge in [-0.2, -0.15) is 0 Å². The van der Waals surface area contributed by atoms with Crippen molar-refractivity contribution in [2.75, 3.05) is 6.54 Å². The Hall–Kier alpha value is -1.86. The summed E-state index contributed by atoms with van der Waals surface area (Å²) in [5, 5.41) is 14.2. The Morgan fingerprint density at radius 3 is 2.18 bits per heavy atom. The molecule has 1 heterocycles. The van der Waals surface area contributed by atoms with E-state index in [9.17, 15) is 23.9 Å². The summed E-state index contributed by atoms with van der Waals surface area (Å²) in [6.45, 7) is 4.95. The number of carboxylic acid groups (broad SMARTS) is 1. The lowest BCUT2D eigenvalue weighted by Gasteiger charge is -2.71. The largest absolute Gasteiger partial charge is 0.465 e. The minimum atomic E-state index is -1.39. The Balaban J connectivity index is 1.96. The Morgan fingerprint density at radius 2 is 1.86 bits per heavy atom. The Labute approximate surface area is 127 Å². The van der Waals surface area contributed by atoms with Gasteiger partial charge in [0.05, 0.1) is 6.54 Å². The van der Waals surface area contributed by atoms with E-state index in [1.807, 2.05) is 0 Å². The summed E-state index contributed by atoms with van der Waals surface area (Å²) < 4.78 is 13.9. The van der Waals surface area contributed by atoms with Crippen LogP contribution in [0.3, 0.4) is 0 Å². The van der Waals surface area contributed by atoms with Crippen molar-refractivity contribution >= 4 is 18.0 Å². The molecule has 0 aromatic rings. The van der Waals surface area contributed by atoms with Crippen LogP contribution in [0.2, 0.25) is 0 Å². The fraction of sp³-hybridized carbons (Fsp3) is 0.786. The number of halogens is 1. The third-order valence-electron chi connectivity index (χ3n) is 5.25. The fourth-order valence-electron chi connectivity index (χ4n) is 4.09. The fourth-order valence-corrected chi connectivity index (χ4v) is 4.09. The number of imide groups is 1. The Bertz CT molecular complexity index is 565. The minimum Gasteiger partial charge on any atom is -0.465 e. The summed E-state index contributed by atoms with van der Waals surface area (Å²) >= 11 is 0. The van der Waals surface area contributed by atoms with Gasteiger partial charge in [0, 0.05) is 11.0 Å². The minimum absolute atomic E-state index is 0.181. The zero-order valence-electron chi connectivity index (χ0n) is 12.8. The molecule has 1 aliphatic heterocycles. The molecule has 4 aliphatic rings. The molecule has 0 radical (unpaired) electrons.